The van der Waals surface area contributed by atoms with Gasteiger partial charge in [0.1, 0.15) is 5.65 Å². The summed E-state index contributed by atoms with van der Waals surface area (Å²) in [7, 11) is 0. The first-order chi connectivity index (χ1) is 9.81. The number of aryl methyl sites for hydroxylation is 1. The molecule has 1 N–H and O–H groups in total. The summed E-state index contributed by atoms with van der Waals surface area (Å²) in [5, 5.41) is 2.23. The van der Waals surface area contributed by atoms with Crippen molar-refractivity contribution < 1.29 is 0 Å². The maximum atomic E-state index is 4.65. The highest BCUT2D eigenvalue weighted by Crippen LogP contribution is 2.25. The molecule has 0 fully saturated rings. The van der Waals surface area contributed by atoms with Crippen molar-refractivity contribution in [3.05, 3.63) is 60.3 Å². The van der Waals surface area contributed by atoms with Crippen molar-refractivity contribution in [1.82, 2.24) is 15.0 Å². The van der Waals surface area contributed by atoms with Gasteiger partial charge in [-0.1, -0.05) is 48.0 Å². The highest BCUT2D eigenvalue weighted by molar-refractivity contribution is 6.05. The van der Waals surface area contributed by atoms with E-state index in [4.69, 9.17) is 0 Å². The van der Waals surface area contributed by atoms with E-state index in [1.54, 1.807) is 0 Å². The molecule has 0 saturated heterocycles. The summed E-state index contributed by atoms with van der Waals surface area (Å²) in [6.45, 7) is 2.07. The molecular formula is C17H13N3. The molecular weight excluding hydrogens is 246 g/mol. The number of fused-ring (bicyclic) bond motifs is 3. The summed E-state index contributed by atoms with van der Waals surface area (Å²) in [4.78, 5) is 12.5. The first kappa shape index (κ1) is 11.2. The Hall–Kier alpha value is -2.68. The fourth-order valence-corrected chi connectivity index (χ4v) is 2.47. The summed E-state index contributed by atoms with van der Waals surface area (Å²) >= 11 is 0. The van der Waals surface area contributed by atoms with Crippen LogP contribution in [-0.4, -0.2) is 15.0 Å². The van der Waals surface area contributed by atoms with Gasteiger partial charge in [-0.05, 0) is 13.0 Å². The second kappa shape index (κ2) is 4.17. The van der Waals surface area contributed by atoms with Gasteiger partial charge in [-0.3, -0.25) is 0 Å². The molecule has 0 aliphatic rings. The Morgan fingerprint density at radius 2 is 1.70 bits per heavy atom. The Kier molecular flexibility index (Phi) is 2.33. The lowest BCUT2D eigenvalue weighted by Crippen LogP contribution is -1.89. The zero-order valence-electron chi connectivity index (χ0n) is 11.1. The Balaban J connectivity index is 1.94. The molecule has 3 nitrogen and oxygen atoms in total. The van der Waals surface area contributed by atoms with E-state index >= 15 is 0 Å². The largest absolute Gasteiger partial charge is 0.339 e. The van der Waals surface area contributed by atoms with Crippen molar-refractivity contribution in [3.8, 4) is 11.4 Å². The van der Waals surface area contributed by atoms with Crippen LogP contribution in [0.5, 0.6) is 0 Å². The predicted molar refractivity (Wildman–Crippen MR) is 81.6 cm³/mol. The molecule has 0 amide bonds. The van der Waals surface area contributed by atoms with Gasteiger partial charge in [0, 0.05) is 28.0 Å². The van der Waals surface area contributed by atoms with Gasteiger partial charge in [-0.25, -0.2) is 9.97 Å². The number of para-hydroxylation sites is 1. The lowest BCUT2D eigenvalue weighted by atomic mass is 10.1. The van der Waals surface area contributed by atoms with E-state index in [2.05, 4.69) is 58.3 Å². The monoisotopic (exact) mass is 259 g/mol. The van der Waals surface area contributed by atoms with Crippen LogP contribution in [0, 0.1) is 6.92 Å². The zero-order chi connectivity index (χ0) is 13.5. The second-order valence-corrected chi connectivity index (χ2v) is 4.99. The molecule has 4 rings (SSSR count). The van der Waals surface area contributed by atoms with Crippen molar-refractivity contribution in [2.75, 3.05) is 0 Å². The average molecular weight is 259 g/mol. The van der Waals surface area contributed by atoms with Gasteiger partial charge in [0.15, 0.2) is 5.82 Å². The summed E-state index contributed by atoms with van der Waals surface area (Å²) in [6.07, 6.45) is 1.90. The normalized spacial score (nSPS) is 11.2. The van der Waals surface area contributed by atoms with Gasteiger partial charge in [-0.15, -0.1) is 0 Å². The van der Waals surface area contributed by atoms with Crippen LogP contribution < -0.4 is 0 Å². The molecule has 0 unspecified atom stereocenters. The topological polar surface area (TPSA) is 41.6 Å². The first-order valence-corrected chi connectivity index (χ1v) is 6.62. The second-order valence-electron chi connectivity index (χ2n) is 4.99. The third-order valence-electron chi connectivity index (χ3n) is 3.57. The molecule has 4 aromatic rings. The van der Waals surface area contributed by atoms with Gasteiger partial charge >= 0.3 is 0 Å². The number of rotatable bonds is 1. The minimum atomic E-state index is 0.754. The van der Waals surface area contributed by atoms with E-state index in [0.29, 0.717) is 0 Å². The van der Waals surface area contributed by atoms with Crippen LogP contribution in [0.4, 0.5) is 0 Å². The smallest absolute Gasteiger partial charge is 0.161 e. The van der Waals surface area contributed by atoms with Crippen LogP contribution in [0.25, 0.3) is 33.3 Å². The average Bonchev–Trinajstić information content (AvgIpc) is 2.85. The standard InChI is InChI=1S/C17H13N3/c1-11-6-8-12(9-7-11)16-18-10-14-13-4-2-3-5-15(13)19-17(14)20-16/h2-10H,1H3,(H,18,19,20). The Morgan fingerprint density at radius 3 is 2.55 bits per heavy atom. The SMILES string of the molecule is Cc1ccc(-c2ncc3c(n2)[nH]c2ccccc23)cc1. The van der Waals surface area contributed by atoms with Crippen molar-refractivity contribution in [2.24, 2.45) is 0 Å². The van der Waals surface area contributed by atoms with Crippen LogP contribution in [0.15, 0.2) is 54.7 Å². The summed E-state index contributed by atoms with van der Waals surface area (Å²) in [6, 6.07) is 16.5. The molecule has 0 saturated carbocycles. The van der Waals surface area contributed by atoms with Crippen LogP contribution in [-0.2, 0) is 0 Å². The fourth-order valence-electron chi connectivity index (χ4n) is 2.47. The molecule has 96 valence electrons. The molecule has 0 atom stereocenters. The zero-order valence-corrected chi connectivity index (χ0v) is 11.1. The molecule has 0 spiro atoms. The number of hydrogen-bond donors (Lipinski definition) is 1. The van der Waals surface area contributed by atoms with E-state index < -0.39 is 0 Å². The van der Waals surface area contributed by atoms with Crippen LogP contribution in [0.3, 0.4) is 0 Å². The Labute approximate surface area is 116 Å². The molecule has 2 aromatic heterocycles. The number of aromatic amines is 1. The number of H-pyrrole nitrogens is 1. The van der Waals surface area contributed by atoms with Crippen molar-refractivity contribution >= 4 is 21.9 Å². The molecule has 2 heterocycles. The summed E-state index contributed by atoms with van der Waals surface area (Å²) in [5.41, 5.74) is 4.26. The maximum absolute atomic E-state index is 4.65. The Morgan fingerprint density at radius 1 is 0.900 bits per heavy atom. The molecule has 3 heteroatoms. The maximum Gasteiger partial charge on any atom is 0.161 e. The van der Waals surface area contributed by atoms with Gasteiger partial charge in [-0.2, -0.15) is 0 Å². The minimum absolute atomic E-state index is 0.754. The van der Waals surface area contributed by atoms with Crippen molar-refractivity contribution in [3.63, 3.8) is 0 Å². The van der Waals surface area contributed by atoms with E-state index in [1.165, 1.54) is 5.56 Å². The Bertz CT molecular complexity index is 904. The number of benzene rings is 2. The van der Waals surface area contributed by atoms with E-state index in [-0.39, 0.29) is 0 Å². The van der Waals surface area contributed by atoms with Crippen LogP contribution in [0.1, 0.15) is 5.56 Å². The minimum Gasteiger partial charge on any atom is -0.339 e. The van der Waals surface area contributed by atoms with Gasteiger partial charge in [0.2, 0.25) is 0 Å². The molecule has 2 aromatic carbocycles. The van der Waals surface area contributed by atoms with Gasteiger partial charge in [0.25, 0.3) is 0 Å². The van der Waals surface area contributed by atoms with Gasteiger partial charge in [0.05, 0.1) is 0 Å². The number of nitrogens with zero attached hydrogens (tertiary/aromatic N) is 2. The van der Waals surface area contributed by atoms with Crippen LogP contribution >= 0.6 is 0 Å². The lowest BCUT2D eigenvalue weighted by molar-refractivity contribution is 1.21. The molecule has 0 aliphatic heterocycles. The lowest BCUT2D eigenvalue weighted by Gasteiger charge is -2.00. The van der Waals surface area contributed by atoms with Gasteiger partial charge < -0.3 is 4.98 Å². The van der Waals surface area contributed by atoms with E-state index in [0.717, 1.165) is 33.3 Å². The summed E-state index contributed by atoms with van der Waals surface area (Å²) < 4.78 is 0. The molecule has 0 bridgehead atoms. The highest BCUT2D eigenvalue weighted by Gasteiger charge is 2.07. The predicted octanol–water partition coefficient (Wildman–Crippen LogP) is 4.09. The number of nitrogens with one attached hydrogen (secondary N) is 1. The van der Waals surface area contributed by atoms with Crippen molar-refractivity contribution in [1.29, 1.82) is 0 Å². The number of hydrogen-bond acceptors (Lipinski definition) is 2. The molecule has 20 heavy (non-hydrogen) atoms. The summed E-state index contributed by atoms with van der Waals surface area (Å²) in [5.74, 6) is 0.754. The highest BCUT2D eigenvalue weighted by atomic mass is 14.9. The molecule has 0 aliphatic carbocycles. The fraction of sp³-hybridized carbons (Fsp3) is 0.0588. The third-order valence-corrected chi connectivity index (χ3v) is 3.57. The molecule has 0 radical (unpaired) electrons. The van der Waals surface area contributed by atoms with Crippen LogP contribution in [0.2, 0.25) is 0 Å². The van der Waals surface area contributed by atoms with E-state index in [9.17, 15) is 0 Å². The third kappa shape index (κ3) is 1.67. The van der Waals surface area contributed by atoms with Crippen molar-refractivity contribution in [2.45, 2.75) is 6.92 Å². The first-order valence-electron chi connectivity index (χ1n) is 6.62. The quantitative estimate of drug-likeness (QED) is 0.559. The van der Waals surface area contributed by atoms with E-state index in [1.807, 2.05) is 18.3 Å². The number of aromatic nitrogens is 3.